The molecule has 1 saturated carbocycles. The number of benzene rings is 2. The molecule has 0 atom stereocenters. The smallest absolute Gasteiger partial charge is 0.422 e. The molecular formula is C20H15ClF6O3. The number of carbonyl (C=O) groups is 1. The number of hydrogen-bond acceptors (Lipinski definition) is 3. The molecule has 0 heterocycles. The van der Waals surface area contributed by atoms with Crippen molar-refractivity contribution in [2.24, 2.45) is 5.92 Å². The largest absolute Gasteiger partial charge is 0.483 e. The summed E-state index contributed by atoms with van der Waals surface area (Å²) in [6.07, 6.45) is -7.03. The fourth-order valence-electron chi connectivity index (χ4n) is 2.84. The van der Waals surface area contributed by atoms with Crippen LogP contribution < -0.4 is 9.47 Å². The normalized spacial score (nSPS) is 14.9. The molecule has 2 aromatic carbocycles. The molecule has 1 fully saturated rings. The first kappa shape index (κ1) is 22.3. The fourth-order valence-corrected chi connectivity index (χ4v) is 3.15. The Morgan fingerprint density at radius 2 is 1.67 bits per heavy atom. The van der Waals surface area contributed by atoms with Crippen LogP contribution in [0.2, 0.25) is 5.02 Å². The summed E-state index contributed by atoms with van der Waals surface area (Å²) in [4.78, 5) is 12.0. The average molecular weight is 453 g/mol. The highest BCUT2D eigenvalue weighted by atomic mass is 35.5. The van der Waals surface area contributed by atoms with Gasteiger partial charge in [-0.1, -0.05) is 30.2 Å². The maximum Gasteiger partial charge on any atom is 0.422 e. The van der Waals surface area contributed by atoms with E-state index in [0.29, 0.717) is 12.8 Å². The molecule has 162 valence electrons. The van der Waals surface area contributed by atoms with Gasteiger partial charge in [-0.25, -0.2) is 0 Å². The van der Waals surface area contributed by atoms with Gasteiger partial charge < -0.3 is 9.47 Å². The molecule has 2 aromatic rings. The summed E-state index contributed by atoms with van der Waals surface area (Å²) >= 11 is 6.18. The second-order valence-electron chi connectivity index (χ2n) is 6.81. The zero-order valence-corrected chi connectivity index (χ0v) is 16.0. The Labute approximate surface area is 172 Å². The Morgan fingerprint density at radius 3 is 2.17 bits per heavy atom. The number of carbonyl (C=O) groups excluding carboxylic acids is 1. The van der Waals surface area contributed by atoms with Crippen molar-refractivity contribution in [3.8, 4) is 22.6 Å². The molecule has 0 spiro atoms. The van der Waals surface area contributed by atoms with E-state index in [1.165, 1.54) is 6.07 Å². The van der Waals surface area contributed by atoms with Crippen LogP contribution in [0.15, 0.2) is 36.4 Å². The molecule has 0 unspecified atom stereocenters. The lowest BCUT2D eigenvalue weighted by Crippen LogP contribution is -2.26. The first-order chi connectivity index (χ1) is 13.9. The van der Waals surface area contributed by atoms with E-state index >= 15 is 0 Å². The standard InChI is InChI=1S/C20H15ClF6O3/c21-15-8-14(30-18(28)12-2-1-3-12)9-16(29-10-19(22,23)24)17(15)11-4-6-13(7-5-11)20(25,26)27/h4-9,12H,1-3,10H2. The number of ether oxygens (including phenoxy) is 2. The number of esters is 1. The second-order valence-corrected chi connectivity index (χ2v) is 7.21. The van der Waals surface area contributed by atoms with Gasteiger partial charge in [0.15, 0.2) is 6.61 Å². The predicted molar refractivity (Wildman–Crippen MR) is 96.4 cm³/mol. The van der Waals surface area contributed by atoms with Gasteiger partial charge in [0, 0.05) is 17.7 Å². The SMILES string of the molecule is O=C(Oc1cc(Cl)c(-c2ccc(C(F)(F)F)cc2)c(OCC(F)(F)F)c1)C1CCC1. The summed E-state index contributed by atoms with van der Waals surface area (Å²) in [7, 11) is 0. The summed E-state index contributed by atoms with van der Waals surface area (Å²) < 4.78 is 86.4. The summed E-state index contributed by atoms with van der Waals surface area (Å²) in [6.45, 7) is -1.66. The van der Waals surface area contributed by atoms with Gasteiger partial charge in [0.1, 0.15) is 11.5 Å². The van der Waals surface area contributed by atoms with Crippen LogP contribution in [0, 0.1) is 5.92 Å². The molecule has 0 bridgehead atoms. The van der Waals surface area contributed by atoms with Crippen LogP contribution in [-0.4, -0.2) is 18.8 Å². The minimum absolute atomic E-state index is 0.0434. The van der Waals surface area contributed by atoms with Gasteiger partial charge in [-0.2, -0.15) is 26.3 Å². The van der Waals surface area contributed by atoms with E-state index in [1.807, 2.05) is 0 Å². The van der Waals surface area contributed by atoms with Crippen molar-refractivity contribution in [2.45, 2.75) is 31.6 Å². The maximum absolute atomic E-state index is 12.8. The van der Waals surface area contributed by atoms with E-state index in [2.05, 4.69) is 0 Å². The quantitative estimate of drug-likeness (QED) is 0.288. The van der Waals surface area contributed by atoms with Crippen molar-refractivity contribution in [3.05, 3.63) is 47.0 Å². The molecule has 0 radical (unpaired) electrons. The van der Waals surface area contributed by atoms with Crippen molar-refractivity contribution >= 4 is 17.6 Å². The molecule has 1 aliphatic rings. The van der Waals surface area contributed by atoms with E-state index in [1.54, 1.807) is 0 Å². The third-order valence-corrected chi connectivity index (χ3v) is 4.87. The molecular weight excluding hydrogens is 438 g/mol. The van der Waals surface area contributed by atoms with Gasteiger partial charge in [-0.05, 0) is 30.5 Å². The molecule has 0 N–H and O–H groups in total. The first-order valence-corrected chi connectivity index (χ1v) is 9.24. The Hall–Kier alpha value is -2.42. The Bertz CT molecular complexity index is 918. The zero-order valence-electron chi connectivity index (χ0n) is 15.2. The van der Waals surface area contributed by atoms with E-state index in [-0.39, 0.29) is 33.6 Å². The lowest BCUT2D eigenvalue weighted by Gasteiger charge is -2.23. The molecule has 0 amide bonds. The summed E-state index contributed by atoms with van der Waals surface area (Å²) in [6, 6.07) is 6.00. The van der Waals surface area contributed by atoms with Crippen molar-refractivity contribution < 1.29 is 40.6 Å². The number of halogens is 7. The molecule has 1 aliphatic carbocycles. The number of hydrogen-bond donors (Lipinski definition) is 0. The zero-order chi connectivity index (χ0) is 22.1. The highest BCUT2D eigenvalue weighted by Crippen LogP contribution is 2.42. The van der Waals surface area contributed by atoms with Crippen LogP contribution in [0.4, 0.5) is 26.3 Å². The van der Waals surface area contributed by atoms with Crippen molar-refractivity contribution in [1.29, 1.82) is 0 Å². The molecule has 3 rings (SSSR count). The van der Waals surface area contributed by atoms with Gasteiger partial charge in [0.05, 0.1) is 16.5 Å². The van der Waals surface area contributed by atoms with Gasteiger partial charge in [0.2, 0.25) is 0 Å². The molecule has 3 nitrogen and oxygen atoms in total. The van der Waals surface area contributed by atoms with Gasteiger partial charge in [0.25, 0.3) is 0 Å². The molecule has 0 aromatic heterocycles. The summed E-state index contributed by atoms with van der Waals surface area (Å²) in [5.74, 6) is -1.28. The molecule has 30 heavy (non-hydrogen) atoms. The number of alkyl halides is 6. The Morgan fingerprint density at radius 1 is 1.03 bits per heavy atom. The van der Waals surface area contributed by atoms with Crippen molar-refractivity contribution in [2.75, 3.05) is 6.61 Å². The minimum atomic E-state index is -4.66. The molecule has 10 heteroatoms. The monoisotopic (exact) mass is 452 g/mol. The first-order valence-electron chi connectivity index (χ1n) is 8.86. The lowest BCUT2D eigenvalue weighted by atomic mass is 9.86. The second kappa shape index (κ2) is 8.37. The topological polar surface area (TPSA) is 35.5 Å². The van der Waals surface area contributed by atoms with Gasteiger partial charge in [-0.15, -0.1) is 0 Å². The molecule has 0 saturated heterocycles. The minimum Gasteiger partial charge on any atom is -0.483 e. The van der Waals surface area contributed by atoms with E-state index in [0.717, 1.165) is 36.8 Å². The van der Waals surface area contributed by atoms with Crippen LogP contribution in [-0.2, 0) is 11.0 Å². The van der Waals surface area contributed by atoms with E-state index < -0.39 is 30.5 Å². The van der Waals surface area contributed by atoms with Crippen LogP contribution in [0.25, 0.3) is 11.1 Å². The Balaban J connectivity index is 1.96. The molecule has 0 aliphatic heterocycles. The summed E-state index contributed by atoms with van der Waals surface area (Å²) in [5.41, 5.74) is -0.855. The van der Waals surface area contributed by atoms with Crippen LogP contribution in [0.1, 0.15) is 24.8 Å². The third-order valence-electron chi connectivity index (χ3n) is 4.58. The van der Waals surface area contributed by atoms with Crippen LogP contribution in [0.3, 0.4) is 0 Å². The third kappa shape index (κ3) is 5.38. The maximum atomic E-state index is 12.8. The Kier molecular flexibility index (Phi) is 6.21. The van der Waals surface area contributed by atoms with Gasteiger partial charge in [-0.3, -0.25) is 4.79 Å². The van der Waals surface area contributed by atoms with E-state index in [9.17, 15) is 31.1 Å². The van der Waals surface area contributed by atoms with Crippen molar-refractivity contribution in [1.82, 2.24) is 0 Å². The fraction of sp³-hybridized carbons (Fsp3) is 0.350. The van der Waals surface area contributed by atoms with Crippen molar-refractivity contribution in [3.63, 3.8) is 0 Å². The summed E-state index contributed by atoms with van der Waals surface area (Å²) in [5, 5.41) is -0.133. The predicted octanol–water partition coefficient (Wildman–Crippen LogP) is 6.67. The average Bonchev–Trinajstić information content (AvgIpc) is 2.57. The highest BCUT2D eigenvalue weighted by Gasteiger charge is 2.32. The lowest BCUT2D eigenvalue weighted by molar-refractivity contribution is -0.153. The number of rotatable bonds is 5. The van der Waals surface area contributed by atoms with Gasteiger partial charge >= 0.3 is 18.3 Å². The highest BCUT2D eigenvalue weighted by molar-refractivity contribution is 6.34. The van der Waals surface area contributed by atoms with Crippen LogP contribution >= 0.6 is 11.6 Å². The van der Waals surface area contributed by atoms with Crippen LogP contribution in [0.5, 0.6) is 11.5 Å². The van der Waals surface area contributed by atoms with E-state index in [4.69, 9.17) is 21.1 Å².